The molecule has 0 aliphatic carbocycles. The average Bonchev–Trinajstić information content (AvgIpc) is 2.68. The van der Waals surface area contributed by atoms with Crippen LogP contribution in [0.25, 0.3) is 0 Å². The second-order valence-corrected chi connectivity index (χ2v) is 7.30. The zero-order valence-corrected chi connectivity index (χ0v) is 17.5. The Bertz CT molecular complexity index is 1060. The number of nitrogens with zero attached hydrogens (tertiary/aromatic N) is 1. The van der Waals surface area contributed by atoms with Crippen molar-refractivity contribution in [1.29, 1.82) is 0 Å². The maximum atomic E-state index is 12.2. The van der Waals surface area contributed by atoms with E-state index < -0.39 is 0 Å². The molecule has 0 unspecified atom stereocenters. The Morgan fingerprint density at radius 3 is 2.66 bits per heavy atom. The van der Waals surface area contributed by atoms with Gasteiger partial charge in [-0.2, -0.15) is 0 Å². The van der Waals surface area contributed by atoms with Gasteiger partial charge in [0.25, 0.3) is 5.91 Å². The number of carbonyl (C=O) groups is 1. The SMILES string of the molecule is Cc1cccc(NC(=O)COc2ccc(Cl)cc2C=Nc2cccc(C)c2C)c1. The van der Waals surface area contributed by atoms with Gasteiger partial charge in [-0.05, 0) is 73.9 Å². The number of ether oxygens (including phenoxy) is 1. The first-order valence-corrected chi connectivity index (χ1v) is 9.69. The van der Waals surface area contributed by atoms with Crippen molar-refractivity contribution in [3.63, 3.8) is 0 Å². The Kier molecular flexibility index (Phi) is 6.68. The summed E-state index contributed by atoms with van der Waals surface area (Å²) >= 11 is 6.14. The fourth-order valence-electron chi connectivity index (χ4n) is 2.83. The molecule has 0 atom stereocenters. The molecular weight excluding hydrogens is 384 g/mol. The molecule has 1 N–H and O–H groups in total. The summed E-state index contributed by atoms with van der Waals surface area (Å²) in [5, 5.41) is 3.40. The molecular formula is C24H23ClN2O2. The van der Waals surface area contributed by atoms with E-state index in [4.69, 9.17) is 16.3 Å². The molecule has 0 radical (unpaired) electrons. The van der Waals surface area contributed by atoms with Crippen LogP contribution >= 0.6 is 11.6 Å². The first-order valence-electron chi connectivity index (χ1n) is 9.31. The summed E-state index contributed by atoms with van der Waals surface area (Å²) in [5.41, 5.74) is 5.70. The average molecular weight is 407 g/mol. The van der Waals surface area contributed by atoms with Crippen LogP contribution in [0.15, 0.2) is 65.7 Å². The molecule has 1 amide bonds. The smallest absolute Gasteiger partial charge is 0.262 e. The minimum Gasteiger partial charge on any atom is -0.483 e. The van der Waals surface area contributed by atoms with Crippen molar-refractivity contribution >= 4 is 35.1 Å². The van der Waals surface area contributed by atoms with Gasteiger partial charge in [0, 0.05) is 22.5 Å². The fourth-order valence-corrected chi connectivity index (χ4v) is 3.01. The van der Waals surface area contributed by atoms with Gasteiger partial charge in [-0.3, -0.25) is 9.79 Å². The van der Waals surface area contributed by atoms with Crippen molar-refractivity contribution in [2.24, 2.45) is 4.99 Å². The van der Waals surface area contributed by atoms with E-state index in [9.17, 15) is 4.79 Å². The number of nitrogens with one attached hydrogen (secondary N) is 1. The van der Waals surface area contributed by atoms with Crippen LogP contribution in [0.3, 0.4) is 0 Å². The van der Waals surface area contributed by atoms with E-state index in [2.05, 4.69) is 23.3 Å². The van der Waals surface area contributed by atoms with Crippen molar-refractivity contribution in [2.75, 3.05) is 11.9 Å². The molecule has 3 aromatic rings. The number of benzene rings is 3. The maximum Gasteiger partial charge on any atom is 0.262 e. The molecule has 29 heavy (non-hydrogen) atoms. The van der Waals surface area contributed by atoms with E-state index in [1.807, 2.05) is 50.2 Å². The normalized spacial score (nSPS) is 10.9. The Balaban J connectivity index is 1.72. The minimum absolute atomic E-state index is 0.111. The zero-order chi connectivity index (χ0) is 20.8. The number of anilines is 1. The molecule has 0 aliphatic rings. The number of hydrogen-bond acceptors (Lipinski definition) is 3. The summed E-state index contributed by atoms with van der Waals surface area (Å²) in [6.45, 7) is 5.95. The van der Waals surface area contributed by atoms with Crippen molar-refractivity contribution in [2.45, 2.75) is 20.8 Å². The third kappa shape index (κ3) is 5.69. The standard InChI is InChI=1S/C24H23ClN2O2/c1-16-6-4-8-21(12-16)27-24(28)15-29-23-11-10-20(25)13-19(23)14-26-22-9-5-7-17(2)18(22)3/h4-14H,15H2,1-3H3,(H,27,28). The number of halogens is 1. The predicted octanol–water partition coefficient (Wildman–Crippen LogP) is 6.03. The Morgan fingerprint density at radius 2 is 1.86 bits per heavy atom. The van der Waals surface area contributed by atoms with Crippen molar-refractivity contribution in [3.05, 3.63) is 87.9 Å². The highest BCUT2D eigenvalue weighted by atomic mass is 35.5. The second-order valence-electron chi connectivity index (χ2n) is 6.87. The number of amides is 1. The number of aryl methyl sites for hydroxylation is 2. The molecule has 3 rings (SSSR count). The van der Waals surface area contributed by atoms with Gasteiger partial charge >= 0.3 is 0 Å². The molecule has 0 fully saturated rings. The largest absolute Gasteiger partial charge is 0.483 e. The lowest BCUT2D eigenvalue weighted by atomic mass is 10.1. The second kappa shape index (κ2) is 9.39. The van der Waals surface area contributed by atoms with Crippen molar-refractivity contribution in [1.82, 2.24) is 0 Å². The number of hydrogen-bond donors (Lipinski definition) is 1. The summed E-state index contributed by atoms with van der Waals surface area (Å²) in [6.07, 6.45) is 1.71. The van der Waals surface area contributed by atoms with E-state index in [1.54, 1.807) is 24.4 Å². The number of rotatable bonds is 6. The van der Waals surface area contributed by atoms with Gasteiger partial charge in [-0.15, -0.1) is 0 Å². The number of carbonyl (C=O) groups excluding carboxylic acids is 1. The van der Waals surface area contributed by atoms with Gasteiger partial charge in [0.1, 0.15) is 5.75 Å². The van der Waals surface area contributed by atoms with Gasteiger partial charge < -0.3 is 10.1 Å². The van der Waals surface area contributed by atoms with Gasteiger partial charge in [-0.1, -0.05) is 35.9 Å². The summed E-state index contributed by atoms with van der Waals surface area (Å²) in [5.74, 6) is 0.311. The van der Waals surface area contributed by atoms with E-state index >= 15 is 0 Å². The fraction of sp³-hybridized carbons (Fsp3) is 0.167. The molecule has 0 bridgehead atoms. The molecule has 4 nitrogen and oxygen atoms in total. The molecule has 0 aliphatic heterocycles. The number of aliphatic imine (C=N–C) groups is 1. The van der Waals surface area contributed by atoms with Gasteiger partial charge in [0.2, 0.25) is 0 Å². The molecule has 5 heteroatoms. The first kappa shape index (κ1) is 20.6. The van der Waals surface area contributed by atoms with Gasteiger partial charge in [0.05, 0.1) is 5.69 Å². The quantitative estimate of drug-likeness (QED) is 0.508. The van der Waals surface area contributed by atoms with Crippen LogP contribution in [0.1, 0.15) is 22.3 Å². The highest BCUT2D eigenvalue weighted by molar-refractivity contribution is 6.30. The Hall–Kier alpha value is -3.11. The first-order chi connectivity index (χ1) is 13.9. The summed E-state index contributed by atoms with van der Waals surface area (Å²) in [6, 6.07) is 18.8. The molecule has 3 aromatic carbocycles. The summed E-state index contributed by atoms with van der Waals surface area (Å²) in [4.78, 5) is 16.8. The van der Waals surface area contributed by atoms with Crippen LogP contribution in [0.2, 0.25) is 5.02 Å². The third-order valence-electron chi connectivity index (χ3n) is 4.55. The van der Waals surface area contributed by atoms with Crippen molar-refractivity contribution in [3.8, 4) is 5.75 Å². The van der Waals surface area contributed by atoms with E-state index in [0.717, 1.165) is 22.5 Å². The highest BCUT2D eigenvalue weighted by Crippen LogP contribution is 2.25. The van der Waals surface area contributed by atoms with E-state index in [1.165, 1.54) is 5.56 Å². The van der Waals surface area contributed by atoms with Crippen LogP contribution < -0.4 is 10.1 Å². The monoisotopic (exact) mass is 406 g/mol. The third-order valence-corrected chi connectivity index (χ3v) is 4.79. The Labute approximate surface area is 176 Å². The lowest BCUT2D eigenvalue weighted by molar-refractivity contribution is -0.118. The van der Waals surface area contributed by atoms with Crippen LogP contribution in [-0.4, -0.2) is 18.7 Å². The molecule has 0 saturated carbocycles. The van der Waals surface area contributed by atoms with Gasteiger partial charge in [-0.25, -0.2) is 0 Å². The molecule has 0 spiro atoms. The van der Waals surface area contributed by atoms with Crippen LogP contribution in [0.5, 0.6) is 5.75 Å². The minimum atomic E-state index is -0.233. The van der Waals surface area contributed by atoms with E-state index in [-0.39, 0.29) is 12.5 Å². The van der Waals surface area contributed by atoms with Crippen molar-refractivity contribution < 1.29 is 9.53 Å². The van der Waals surface area contributed by atoms with Crippen LogP contribution in [-0.2, 0) is 4.79 Å². The molecule has 0 saturated heterocycles. The highest BCUT2D eigenvalue weighted by Gasteiger charge is 2.08. The summed E-state index contributed by atoms with van der Waals surface area (Å²) in [7, 11) is 0. The molecule has 0 heterocycles. The topological polar surface area (TPSA) is 50.7 Å². The van der Waals surface area contributed by atoms with Gasteiger partial charge in [0.15, 0.2) is 6.61 Å². The van der Waals surface area contributed by atoms with Crippen LogP contribution in [0.4, 0.5) is 11.4 Å². The maximum absolute atomic E-state index is 12.2. The lowest BCUT2D eigenvalue weighted by Gasteiger charge is -2.11. The predicted molar refractivity (Wildman–Crippen MR) is 120 cm³/mol. The molecule has 148 valence electrons. The van der Waals surface area contributed by atoms with E-state index in [0.29, 0.717) is 16.3 Å². The lowest BCUT2D eigenvalue weighted by Crippen LogP contribution is -2.20. The summed E-state index contributed by atoms with van der Waals surface area (Å²) < 4.78 is 5.74. The Morgan fingerprint density at radius 1 is 1.07 bits per heavy atom. The zero-order valence-electron chi connectivity index (χ0n) is 16.7. The van der Waals surface area contributed by atoms with Crippen LogP contribution in [0, 0.1) is 20.8 Å². The molecule has 0 aromatic heterocycles.